The molecule has 0 saturated heterocycles. The molecule has 8 bridgehead atoms. The number of hydrogen-bond donors (Lipinski definition) is 3. The largest absolute Gasteiger partial charge is 0.379 e. The lowest BCUT2D eigenvalue weighted by molar-refractivity contribution is 0.462. The number of nitrogens with zero attached hydrogens (tertiary/aromatic N) is 2. The zero-order chi connectivity index (χ0) is 28.6. The van der Waals surface area contributed by atoms with Crippen LogP contribution in [0.2, 0.25) is 0 Å². The second-order valence-electron chi connectivity index (χ2n) is 11.6. The summed E-state index contributed by atoms with van der Waals surface area (Å²) in [6.45, 7) is 0. The van der Waals surface area contributed by atoms with Crippen molar-refractivity contribution in [3.8, 4) is 22.3 Å². The van der Waals surface area contributed by atoms with Crippen molar-refractivity contribution in [1.29, 1.82) is 0 Å². The van der Waals surface area contributed by atoms with Crippen LogP contribution in [-0.4, -0.2) is 26.0 Å². The molecule has 2 aliphatic heterocycles. The van der Waals surface area contributed by atoms with Crippen molar-refractivity contribution in [3.63, 3.8) is 0 Å². The molecule has 3 aromatic heterocycles. The third-order valence-corrected chi connectivity index (χ3v) is 8.65. The van der Waals surface area contributed by atoms with E-state index >= 15 is 0 Å². The van der Waals surface area contributed by atoms with Crippen LogP contribution in [0.25, 0.3) is 68.6 Å². The number of fused-ring (bicyclic) bond motifs is 8. The zero-order valence-corrected chi connectivity index (χ0v) is 24.0. The van der Waals surface area contributed by atoms with E-state index in [0.29, 0.717) is 6.04 Å². The van der Waals surface area contributed by atoms with Crippen LogP contribution in [0.4, 0.5) is 5.69 Å². The zero-order valence-electron chi connectivity index (χ0n) is 24.0. The number of anilines is 1. The predicted molar refractivity (Wildman–Crippen MR) is 180 cm³/mol. The van der Waals surface area contributed by atoms with E-state index in [0.717, 1.165) is 72.8 Å². The third kappa shape index (κ3) is 4.97. The van der Waals surface area contributed by atoms with Crippen molar-refractivity contribution in [2.45, 2.75) is 38.1 Å². The molecule has 5 heterocycles. The van der Waals surface area contributed by atoms with Crippen LogP contribution in [-0.2, 0) is 0 Å². The standard InChI is InChI=1S/C38H33N5/c1-4-10-25(11-5-1)36-30-18-16-28(39-30)24-29-17-19-31(40-29)37(26-12-6-2-7-13-26)33-21-23-35(43-33)38(34-22-20-32(36)42-34)41-27-14-8-3-9-15-27/h1-2,4-7,10-13,16-24,27,39-41H,3,8-9,14-15H2. The first-order chi connectivity index (χ1) is 21.3. The summed E-state index contributed by atoms with van der Waals surface area (Å²) in [5.41, 5.74) is 13.3. The molecule has 0 unspecified atom stereocenters. The normalized spacial score (nSPS) is 14.7. The smallest absolute Gasteiger partial charge is 0.0891 e. The Hall–Kier alpha value is -5.16. The lowest BCUT2D eigenvalue weighted by Gasteiger charge is -2.24. The third-order valence-electron chi connectivity index (χ3n) is 8.65. The molecule has 1 fully saturated rings. The summed E-state index contributed by atoms with van der Waals surface area (Å²) < 4.78 is 0. The van der Waals surface area contributed by atoms with Gasteiger partial charge in [0.25, 0.3) is 0 Å². The lowest BCUT2D eigenvalue weighted by Crippen LogP contribution is -2.23. The molecular formula is C38H33N5. The number of hydrogen-bond acceptors (Lipinski definition) is 3. The molecule has 1 aliphatic carbocycles. The Balaban J connectivity index is 1.47. The molecule has 0 amide bonds. The summed E-state index contributed by atoms with van der Waals surface area (Å²) in [6, 6.07) is 32.2. The molecule has 3 N–H and O–H groups in total. The molecule has 43 heavy (non-hydrogen) atoms. The van der Waals surface area contributed by atoms with Crippen LogP contribution in [0.5, 0.6) is 0 Å². The van der Waals surface area contributed by atoms with Crippen LogP contribution in [0.3, 0.4) is 0 Å². The Morgan fingerprint density at radius 3 is 1.53 bits per heavy atom. The van der Waals surface area contributed by atoms with Gasteiger partial charge in [-0.3, -0.25) is 0 Å². The van der Waals surface area contributed by atoms with Crippen LogP contribution in [0.15, 0.2) is 91.0 Å². The average Bonchev–Trinajstić information content (AvgIpc) is 3.88. The number of benzene rings is 2. The maximum Gasteiger partial charge on any atom is 0.0891 e. The van der Waals surface area contributed by atoms with Gasteiger partial charge in [0.2, 0.25) is 0 Å². The van der Waals surface area contributed by atoms with Gasteiger partial charge in [0.05, 0.1) is 28.5 Å². The summed E-state index contributed by atoms with van der Waals surface area (Å²) in [4.78, 5) is 17.9. The van der Waals surface area contributed by atoms with Gasteiger partial charge in [-0.25, -0.2) is 9.97 Å². The van der Waals surface area contributed by atoms with E-state index in [1.807, 2.05) is 0 Å². The molecule has 8 rings (SSSR count). The summed E-state index contributed by atoms with van der Waals surface area (Å²) in [7, 11) is 0. The summed E-state index contributed by atoms with van der Waals surface area (Å²) in [5, 5.41) is 3.91. The molecule has 0 atom stereocenters. The number of aromatic amines is 2. The second kappa shape index (κ2) is 10.9. The van der Waals surface area contributed by atoms with E-state index in [-0.39, 0.29) is 0 Å². The van der Waals surface area contributed by atoms with Gasteiger partial charge in [0.1, 0.15) is 0 Å². The molecule has 5 aromatic rings. The minimum Gasteiger partial charge on any atom is -0.379 e. The van der Waals surface area contributed by atoms with E-state index in [1.54, 1.807) is 0 Å². The van der Waals surface area contributed by atoms with Gasteiger partial charge in [0, 0.05) is 39.2 Å². The van der Waals surface area contributed by atoms with Crippen molar-refractivity contribution >= 4 is 52.1 Å². The summed E-state index contributed by atoms with van der Waals surface area (Å²) in [5.74, 6) is 0. The minimum absolute atomic E-state index is 0.414. The SMILES string of the molecule is C1=Cc2nc1c(NC1CCCCC1)c1nc(c(-c3ccccc3)c3ccc(cc4ccc([nH]4)c2-c2ccccc2)[nH]3)C=C1. The predicted octanol–water partition coefficient (Wildman–Crippen LogP) is 9.73. The van der Waals surface area contributed by atoms with Crippen LogP contribution in [0.1, 0.15) is 54.9 Å². The van der Waals surface area contributed by atoms with Crippen molar-refractivity contribution in [2.24, 2.45) is 0 Å². The maximum atomic E-state index is 5.28. The number of aromatic nitrogens is 4. The van der Waals surface area contributed by atoms with Crippen LogP contribution >= 0.6 is 0 Å². The number of rotatable bonds is 4. The van der Waals surface area contributed by atoms with Crippen molar-refractivity contribution in [3.05, 3.63) is 114 Å². The van der Waals surface area contributed by atoms with Gasteiger partial charge in [0.15, 0.2) is 0 Å². The monoisotopic (exact) mass is 559 g/mol. The summed E-state index contributed by atoms with van der Waals surface area (Å²) in [6.07, 6.45) is 14.7. The fraction of sp³-hybridized carbons (Fsp3) is 0.158. The summed E-state index contributed by atoms with van der Waals surface area (Å²) >= 11 is 0. The van der Waals surface area contributed by atoms with E-state index in [1.165, 1.54) is 32.1 Å². The Labute approximate surface area is 251 Å². The first-order valence-electron chi connectivity index (χ1n) is 15.3. The van der Waals surface area contributed by atoms with Crippen molar-refractivity contribution in [1.82, 2.24) is 19.9 Å². The van der Waals surface area contributed by atoms with Gasteiger partial charge < -0.3 is 15.3 Å². The van der Waals surface area contributed by atoms with E-state index < -0.39 is 0 Å². The van der Waals surface area contributed by atoms with Crippen molar-refractivity contribution < 1.29 is 0 Å². The highest BCUT2D eigenvalue weighted by Crippen LogP contribution is 2.36. The van der Waals surface area contributed by atoms with Gasteiger partial charge >= 0.3 is 0 Å². The van der Waals surface area contributed by atoms with Gasteiger partial charge in [-0.15, -0.1) is 0 Å². The first kappa shape index (κ1) is 25.5. The molecular weight excluding hydrogens is 526 g/mol. The molecule has 1 saturated carbocycles. The molecule has 210 valence electrons. The highest BCUT2D eigenvalue weighted by atomic mass is 15.0. The van der Waals surface area contributed by atoms with Gasteiger partial charge in [-0.2, -0.15) is 0 Å². The van der Waals surface area contributed by atoms with Gasteiger partial charge in [-0.05, 0) is 78.6 Å². The lowest BCUT2D eigenvalue weighted by atomic mass is 9.95. The molecule has 5 heteroatoms. The molecule has 0 spiro atoms. The first-order valence-corrected chi connectivity index (χ1v) is 15.3. The highest BCUT2D eigenvalue weighted by molar-refractivity contribution is 5.95. The van der Waals surface area contributed by atoms with Crippen LogP contribution in [0, 0.1) is 0 Å². The van der Waals surface area contributed by atoms with Gasteiger partial charge in [-0.1, -0.05) is 79.9 Å². The van der Waals surface area contributed by atoms with E-state index in [9.17, 15) is 0 Å². The number of H-pyrrole nitrogens is 2. The number of nitrogens with one attached hydrogen (secondary N) is 3. The second-order valence-corrected chi connectivity index (χ2v) is 11.6. The molecule has 2 aromatic carbocycles. The quantitative estimate of drug-likeness (QED) is 0.201. The van der Waals surface area contributed by atoms with E-state index in [2.05, 4.69) is 131 Å². The minimum atomic E-state index is 0.414. The van der Waals surface area contributed by atoms with Crippen LogP contribution < -0.4 is 5.32 Å². The maximum absolute atomic E-state index is 5.28. The Morgan fingerprint density at radius 2 is 1.02 bits per heavy atom. The Kier molecular flexibility index (Phi) is 6.48. The molecule has 0 radical (unpaired) electrons. The fourth-order valence-electron chi connectivity index (χ4n) is 6.56. The molecule has 3 aliphatic rings. The average molecular weight is 560 g/mol. The highest BCUT2D eigenvalue weighted by Gasteiger charge is 2.20. The Morgan fingerprint density at radius 1 is 0.535 bits per heavy atom. The Bertz CT molecular complexity index is 1890. The molecule has 5 nitrogen and oxygen atoms in total. The fourth-order valence-corrected chi connectivity index (χ4v) is 6.56. The van der Waals surface area contributed by atoms with Crippen molar-refractivity contribution in [2.75, 3.05) is 5.32 Å². The topological polar surface area (TPSA) is 69.4 Å². The van der Waals surface area contributed by atoms with E-state index in [4.69, 9.17) is 9.97 Å².